The van der Waals surface area contributed by atoms with Crippen LogP contribution in [0.25, 0.3) is 5.69 Å². The number of benzene rings is 2. The molecule has 1 heterocycles. The quantitative estimate of drug-likeness (QED) is 0.683. The minimum atomic E-state index is -0.203. The van der Waals surface area contributed by atoms with Crippen molar-refractivity contribution in [2.24, 2.45) is 0 Å². The van der Waals surface area contributed by atoms with Gasteiger partial charge in [-0.3, -0.25) is 13.9 Å². The lowest BCUT2D eigenvalue weighted by molar-refractivity contribution is 0.0955. The first kappa shape index (κ1) is 15.2. The topological polar surface area (TPSA) is 36.2 Å². The van der Waals surface area contributed by atoms with E-state index in [2.05, 4.69) is 0 Å². The Morgan fingerprint density at radius 1 is 1.04 bits per heavy atom. The van der Waals surface area contributed by atoms with E-state index < -0.39 is 0 Å². The summed E-state index contributed by atoms with van der Waals surface area (Å²) in [6.07, 6.45) is 1.75. The fraction of sp³-hybridized carbons (Fsp3) is 0.111. The third-order valence-corrected chi connectivity index (χ3v) is 4.02. The normalized spacial score (nSPS) is 10.5. The van der Waals surface area contributed by atoms with Gasteiger partial charge in [0.05, 0.1) is 12.7 Å². The van der Waals surface area contributed by atoms with Gasteiger partial charge in [0.2, 0.25) is 0 Å². The third kappa shape index (κ3) is 2.71. The van der Waals surface area contributed by atoms with Crippen molar-refractivity contribution in [1.82, 2.24) is 9.13 Å². The molecule has 0 aliphatic carbocycles. The first-order chi connectivity index (χ1) is 11.1. The molecule has 0 fully saturated rings. The molecule has 116 valence electrons. The van der Waals surface area contributed by atoms with Crippen LogP contribution >= 0.6 is 12.2 Å². The van der Waals surface area contributed by atoms with Crippen molar-refractivity contribution >= 4 is 18.1 Å². The number of hydrogen-bond acceptors (Lipinski definition) is 3. The van der Waals surface area contributed by atoms with Crippen molar-refractivity contribution in [2.45, 2.75) is 6.92 Å². The Labute approximate surface area is 139 Å². The van der Waals surface area contributed by atoms with E-state index in [0.717, 1.165) is 11.4 Å². The van der Waals surface area contributed by atoms with E-state index in [9.17, 15) is 4.79 Å². The Morgan fingerprint density at radius 3 is 2.39 bits per heavy atom. The molecule has 4 nitrogen and oxygen atoms in total. The summed E-state index contributed by atoms with van der Waals surface area (Å²) >= 11 is 5.51. The molecule has 0 bridgehead atoms. The summed E-state index contributed by atoms with van der Waals surface area (Å²) in [6.45, 7) is 1.93. The molecule has 0 unspecified atom stereocenters. The highest BCUT2D eigenvalue weighted by Gasteiger charge is 2.17. The predicted octanol–water partition coefficient (Wildman–Crippen LogP) is 4.01. The van der Waals surface area contributed by atoms with Crippen LogP contribution < -0.4 is 4.74 Å². The maximum atomic E-state index is 12.8. The van der Waals surface area contributed by atoms with Crippen LogP contribution in [0.4, 0.5) is 0 Å². The molecule has 0 spiro atoms. The van der Waals surface area contributed by atoms with Gasteiger partial charge in [0.15, 0.2) is 4.77 Å². The van der Waals surface area contributed by atoms with Gasteiger partial charge in [-0.25, -0.2) is 0 Å². The zero-order valence-electron chi connectivity index (χ0n) is 12.9. The van der Waals surface area contributed by atoms with E-state index in [1.807, 2.05) is 47.9 Å². The van der Waals surface area contributed by atoms with Crippen molar-refractivity contribution in [2.75, 3.05) is 7.11 Å². The number of imidazole rings is 1. The summed E-state index contributed by atoms with van der Waals surface area (Å²) in [7, 11) is 1.55. The molecule has 0 radical (unpaired) electrons. The maximum Gasteiger partial charge on any atom is 0.267 e. The number of rotatable bonds is 3. The van der Waals surface area contributed by atoms with Crippen LogP contribution in [0, 0.1) is 11.7 Å². The first-order valence-electron chi connectivity index (χ1n) is 7.17. The van der Waals surface area contributed by atoms with Gasteiger partial charge in [-0.15, -0.1) is 0 Å². The SMILES string of the molecule is COc1ccccc1C(=O)n1cc(C)n(-c2ccccc2)c1=S. The van der Waals surface area contributed by atoms with Crippen molar-refractivity contribution < 1.29 is 9.53 Å². The number of aryl methyl sites for hydroxylation is 1. The van der Waals surface area contributed by atoms with Crippen LogP contribution in [0.1, 0.15) is 16.1 Å². The zero-order valence-corrected chi connectivity index (χ0v) is 13.7. The zero-order chi connectivity index (χ0) is 16.4. The van der Waals surface area contributed by atoms with Gasteiger partial charge in [0, 0.05) is 17.6 Å². The lowest BCUT2D eigenvalue weighted by Crippen LogP contribution is -2.13. The molecule has 0 saturated heterocycles. The number of nitrogens with zero attached hydrogens (tertiary/aromatic N) is 2. The van der Waals surface area contributed by atoms with Gasteiger partial charge in [-0.1, -0.05) is 30.3 Å². The van der Waals surface area contributed by atoms with E-state index >= 15 is 0 Å². The van der Waals surface area contributed by atoms with Crippen LogP contribution in [-0.2, 0) is 0 Å². The second kappa shape index (κ2) is 6.22. The van der Waals surface area contributed by atoms with E-state index in [4.69, 9.17) is 17.0 Å². The molecule has 1 aromatic heterocycles. The molecular weight excluding hydrogens is 308 g/mol. The highest BCUT2D eigenvalue weighted by Crippen LogP contribution is 2.21. The van der Waals surface area contributed by atoms with Crippen LogP contribution in [0.15, 0.2) is 60.8 Å². The van der Waals surface area contributed by atoms with Crippen LogP contribution in [0.2, 0.25) is 0 Å². The molecule has 0 saturated carbocycles. The van der Waals surface area contributed by atoms with Gasteiger partial charge in [-0.05, 0) is 43.4 Å². The maximum absolute atomic E-state index is 12.8. The van der Waals surface area contributed by atoms with Gasteiger partial charge in [-0.2, -0.15) is 0 Å². The Balaban J connectivity index is 2.12. The summed E-state index contributed by atoms with van der Waals surface area (Å²) in [5, 5.41) is 0. The van der Waals surface area contributed by atoms with Crippen LogP contribution in [-0.4, -0.2) is 22.2 Å². The predicted molar refractivity (Wildman–Crippen MR) is 92.1 cm³/mol. The molecule has 5 heteroatoms. The Bertz CT molecular complexity index is 910. The third-order valence-electron chi connectivity index (χ3n) is 3.64. The average molecular weight is 324 g/mol. The first-order valence-corrected chi connectivity index (χ1v) is 7.58. The number of ether oxygens (including phenoxy) is 1. The minimum Gasteiger partial charge on any atom is -0.496 e. The average Bonchev–Trinajstić information content (AvgIpc) is 2.89. The Hall–Kier alpha value is -2.66. The number of carbonyl (C=O) groups is 1. The number of carbonyl (C=O) groups excluding carboxylic acids is 1. The van der Waals surface area contributed by atoms with E-state index in [1.165, 1.54) is 4.57 Å². The number of para-hydroxylation sites is 2. The fourth-order valence-corrected chi connectivity index (χ4v) is 2.93. The Morgan fingerprint density at radius 2 is 1.70 bits per heavy atom. The molecule has 3 aromatic rings. The Kier molecular flexibility index (Phi) is 4.12. The molecule has 3 rings (SSSR count). The summed E-state index contributed by atoms with van der Waals surface area (Å²) in [4.78, 5) is 12.8. The highest BCUT2D eigenvalue weighted by atomic mass is 32.1. The van der Waals surface area contributed by atoms with Crippen LogP contribution in [0.5, 0.6) is 5.75 Å². The summed E-state index contributed by atoms with van der Waals surface area (Å²) < 4.78 is 9.07. The largest absolute Gasteiger partial charge is 0.496 e. The standard InChI is InChI=1S/C18H16N2O2S/c1-13-12-19(17(21)15-10-6-7-11-16(15)22-2)18(23)20(13)14-8-4-3-5-9-14/h3-12H,1-2H3. The van der Waals surface area contributed by atoms with Crippen LogP contribution in [0.3, 0.4) is 0 Å². The fourth-order valence-electron chi connectivity index (χ4n) is 2.55. The second-order valence-corrected chi connectivity index (χ2v) is 5.46. The molecular formula is C18H16N2O2S. The summed E-state index contributed by atoms with van der Waals surface area (Å²) in [5.41, 5.74) is 2.31. The summed E-state index contributed by atoms with van der Waals surface area (Å²) in [6, 6.07) is 16.9. The van der Waals surface area contributed by atoms with Crippen molar-refractivity contribution in [3.05, 3.63) is 76.8 Å². The van der Waals surface area contributed by atoms with E-state index in [1.54, 1.807) is 31.5 Å². The van der Waals surface area contributed by atoms with Gasteiger partial charge in [0.25, 0.3) is 5.91 Å². The van der Waals surface area contributed by atoms with Crippen molar-refractivity contribution in [3.63, 3.8) is 0 Å². The molecule has 0 atom stereocenters. The molecule has 2 aromatic carbocycles. The summed E-state index contributed by atoms with van der Waals surface area (Å²) in [5.74, 6) is 0.328. The van der Waals surface area contributed by atoms with Crippen molar-refractivity contribution in [3.8, 4) is 11.4 Å². The van der Waals surface area contributed by atoms with Gasteiger partial charge < -0.3 is 4.74 Å². The molecule has 0 N–H and O–H groups in total. The molecule has 23 heavy (non-hydrogen) atoms. The molecule has 0 aliphatic rings. The smallest absolute Gasteiger partial charge is 0.267 e. The van der Waals surface area contributed by atoms with E-state index in [0.29, 0.717) is 16.1 Å². The number of aromatic nitrogens is 2. The van der Waals surface area contributed by atoms with E-state index in [-0.39, 0.29) is 5.91 Å². The lowest BCUT2D eigenvalue weighted by Gasteiger charge is -2.08. The van der Waals surface area contributed by atoms with Crippen molar-refractivity contribution in [1.29, 1.82) is 0 Å². The van der Waals surface area contributed by atoms with Gasteiger partial charge >= 0.3 is 0 Å². The monoisotopic (exact) mass is 324 g/mol. The number of methoxy groups -OCH3 is 1. The minimum absolute atomic E-state index is 0.203. The van der Waals surface area contributed by atoms with Gasteiger partial charge in [0.1, 0.15) is 5.75 Å². The number of hydrogen-bond donors (Lipinski definition) is 0. The molecule has 0 amide bonds. The lowest BCUT2D eigenvalue weighted by atomic mass is 10.2. The molecule has 0 aliphatic heterocycles. The second-order valence-electron chi connectivity index (χ2n) is 5.10. The highest BCUT2D eigenvalue weighted by molar-refractivity contribution is 7.71.